The van der Waals surface area contributed by atoms with E-state index >= 15 is 0 Å². The van der Waals surface area contributed by atoms with Gasteiger partial charge in [0.2, 0.25) is 0 Å². The molecule has 13 rings (SSSR count). The van der Waals surface area contributed by atoms with Gasteiger partial charge < -0.3 is 13.9 Å². The molecular weight excluding hydrogens is 861 g/mol. The van der Waals surface area contributed by atoms with Crippen LogP contribution in [-0.2, 0) is 0 Å². The topological polar surface area (TPSA) is 21.3 Å². The Morgan fingerprint density at radius 1 is 0.380 bits per heavy atom. The first-order valence-electron chi connectivity index (χ1n) is 24.2. The summed E-state index contributed by atoms with van der Waals surface area (Å²) in [6.07, 6.45) is 2.33. The Morgan fingerprint density at radius 3 is 1.62 bits per heavy atom. The van der Waals surface area contributed by atoms with Crippen molar-refractivity contribution in [1.82, 2.24) is 4.57 Å². The number of nitrogens with zero attached hydrogens (tertiary/aromatic N) is 2. The van der Waals surface area contributed by atoms with E-state index in [0.717, 1.165) is 89.2 Å². The Balaban J connectivity index is 1.07. The molecule has 0 fully saturated rings. The lowest BCUT2D eigenvalue weighted by molar-refractivity contribution is 0.669. The fourth-order valence-corrected chi connectivity index (χ4v) is 10.4. The zero-order valence-corrected chi connectivity index (χ0v) is 38.9. The van der Waals surface area contributed by atoms with Crippen molar-refractivity contribution in [3.05, 3.63) is 290 Å². The van der Waals surface area contributed by atoms with Crippen molar-refractivity contribution in [1.29, 1.82) is 0 Å². The molecule has 13 aromatic rings. The summed E-state index contributed by atoms with van der Waals surface area (Å²) in [6.45, 7) is 0. The van der Waals surface area contributed by atoms with Crippen LogP contribution in [0.15, 0.2) is 277 Å². The minimum Gasteiger partial charge on any atom is -0.454 e. The summed E-state index contributed by atoms with van der Waals surface area (Å²) < 4.78 is 9.63. The molecule has 0 saturated heterocycles. The molecule has 0 saturated carbocycles. The van der Waals surface area contributed by atoms with Gasteiger partial charge in [0.15, 0.2) is 5.58 Å². The highest BCUT2D eigenvalue weighted by atomic mass is 16.3. The van der Waals surface area contributed by atoms with Crippen LogP contribution >= 0.6 is 0 Å². The highest BCUT2D eigenvalue weighted by Gasteiger charge is 2.24. The Kier molecular flexibility index (Phi) is 10.5. The van der Waals surface area contributed by atoms with Gasteiger partial charge in [0.25, 0.3) is 0 Å². The van der Waals surface area contributed by atoms with Crippen LogP contribution in [0.5, 0.6) is 0 Å². The van der Waals surface area contributed by atoms with Gasteiger partial charge in [-0.05, 0) is 128 Å². The third kappa shape index (κ3) is 7.67. The van der Waals surface area contributed by atoms with Crippen molar-refractivity contribution in [3.8, 4) is 39.1 Å². The van der Waals surface area contributed by atoms with Crippen LogP contribution in [0.3, 0.4) is 0 Å². The van der Waals surface area contributed by atoms with Crippen molar-refractivity contribution < 1.29 is 4.42 Å². The van der Waals surface area contributed by atoms with Gasteiger partial charge in [0.05, 0.1) is 16.7 Å². The van der Waals surface area contributed by atoms with E-state index in [4.69, 9.17) is 4.42 Å². The third-order valence-electron chi connectivity index (χ3n) is 13.8. The largest absolute Gasteiger partial charge is 0.454 e. The number of fused-ring (bicyclic) bond motifs is 6. The summed E-state index contributed by atoms with van der Waals surface area (Å²) >= 11 is 0. The van der Waals surface area contributed by atoms with Crippen LogP contribution in [-0.4, -0.2) is 4.57 Å². The number of anilines is 3. The molecule has 0 unspecified atom stereocenters. The maximum atomic E-state index is 7.24. The molecule has 0 aliphatic heterocycles. The Labute approximate surface area is 413 Å². The Bertz CT molecular complexity index is 4040. The lowest BCUT2D eigenvalue weighted by Crippen LogP contribution is -2.10. The van der Waals surface area contributed by atoms with Crippen LogP contribution < -0.4 is 4.90 Å². The van der Waals surface area contributed by atoms with Gasteiger partial charge in [-0.3, -0.25) is 0 Å². The lowest BCUT2D eigenvalue weighted by atomic mass is 9.92. The summed E-state index contributed by atoms with van der Waals surface area (Å²) in [5, 5.41) is 4.55. The predicted octanol–water partition coefficient (Wildman–Crippen LogP) is 18.7. The molecule has 71 heavy (non-hydrogen) atoms. The summed E-state index contributed by atoms with van der Waals surface area (Å²) in [4.78, 5) is 2.35. The molecule has 11 aromatic carbocycles. The predicted molar refractivity (Wildman–Crippen MR) is 299 cm³/mol. The molecule has 0 aliphatic carbocycles. The van der Waals surface area contributed by atoms with Gasteiger partial charge in [-0.25, -0.2) is 0 Å². The number of aromatic nitrogens is 1. The van der Waals surface area contributed by atoms with Crippen LogP contribution in [0.2, 0.25) is 0 Å². The second-order valence-corrected chi connectivity index (χ2v) is 18.1. The van der Waals surface area contributed by atoms with Crippen LogP contribution in [0, 0.1) is 0 Å². The summed E-state index contributed by atoms with van der Waals surface area (Å²) in [5.41, 5.74) is 19.5. The number of benzene rings is 11. The highest BCUT2D eigenvalue weighted by Crippen LogP contribution is 2.48. The molecule has 0 atom stereocenters. The smallest absolute Gasteiger partial charge is 0.159 e. The molecule has 2 heterocycles. The molecule has 0 aliphatic rings. The normalized spacial score (nSPS) is 11.7. The van der Waals surface area contributed by atoms with E-state index in [0.29, 0.717) is 0 Å². The zero-order valence-electron chi connectivity index (χ0n) is 38.9. The summed E-state index contributed by atoms with van der Waals surface area (Å²) in [5.74, 6) is 0. The highest BCUT2D eigenvalue weighted by molar-refractivity contribution is 6.18. The molecule has 3 heteroatoms. The van der Waals surface area contributed by atoms with Gasteiger partial charge >= 0.3 is 0 Å². The quantitative estimate of drug-likeness (QED) is 0.128. The van der Waals surface area contributed by atoms with Crippen molar-refractivity contribution in [2.75, 3.05) is 4.90 Å². The second kappa shape index (κ2) is 17.9. The van der Waals surface area contributed by atoms with Gasteiger partial charge in [-0.2, -0.15) is 0 Å². The minimum atomic E-state index is 0.811. The van der Waals surface area contributed by atoms with Gasteiger partial charge in [0, 0.05) is 38.6 Å². The van der Waals surface area contributed by atoms with E-state index in [2.05, 4.69) is 289 Å². The van der Waals surface area contributed by atoms with E-state index in [1.54, 1.807) is 0 Å². The maximum absolute atomic E-state index is 7.24. The van der Waals surface area contributed by atoms with E-state index in [1.165, 1.54) is 33.0 Å². The van der Waals surface area contributed by atoms with Crippen molar-refractivity contribution in [2.45, 2.75) is 0 Å². The number of furan rings is 1. The maximum Gasteiger partial charge on any atom is 0.159 e. The Morgan fingerprint density at radius 2 is 0.930 bits per heavy atom. The molecule has 0 spiro atoms. The molecule has 0 bridgehead atoms. The lowest BCUT2D eigenvalue weighted by Gasteiger charge is -2.26. The third-order valence-corrected chi connectivity index (χ3v) is 13.8. The fourth-order valence-electron chi connectivity index (χ4n) is 10.4. The minimum absolute atomic E-state index is 0.811. The first kappa shape index (κ1) is 41.7. The van der Waals surface area contributed by atoms with Gasteiger partial charge in [-0.1, -0.05) is 206 Å². The molecule has 334 valence electrons. The number of rotatable bonds is 10. The van der Waals surface area contributed by atoms with E-state index in [1.807, 2.05) is 0 Å². The fraction of sp³-hybridized carbons (Fsp3) is 0. The number of hydrogen-bond acceptors (Lipinski definition) is 2. The average Bonchev–Trinajstić information content (AvgIpc) is 4.00. The summed E-state index contributed by atoms with van der Waals surface area (Å²) in [6, 6.07) is 97.9. The van der Waals surface area contributed by atoms with Crippen LogP contribution in [0.4, 0.5) is 17.1 Å². The Hall–Kier alpha value is -9.44. The molecule has 0 amide bonds. The van der Waals surface area contributed by atoms with Gasteiger partial charge in [-0.15, -0.1) is 0 Å². The standard InChI is InChI=1S/C68H46N2O/c1-6-19-48(20-7-1)50-35-33-47(34-36-50)43-61(52-23-10-3-11-24-52)54-44-62-67-58(53-39-42-60-59-29-16-17-31-63(59)70(64(60)45-53)56-27-14-5-15-28-56)30-18-32-66(67)71-68(62)65(46-54)69(55-25-12-4-13-26-55)57-40-37-51(38-41-57)49-21-8-2-9-22-49/h1-46H/b61-43+. The molecule has 2 aromatic heterocycles. The van der Waals surface area contributed by atoms with E-state index in [-0.39, 0.29) is 0 Å². The van der Waals surface area contributed by atoms with Crippen LogP contribution in [0.25, 0.3) is 94.5 Å². The van der Waals surface area contributed by atoms with Crippen molar-refractivity contribution in [3.63, 3.8) is 0 Å². The SMILES string of the molecule is C(=C(/c1ccccc1)c1cc(N(c2ccccc2)c2ccc(-c3ccccc3)cc2)c2oc3cccc(-c4ccc5c6ccccc6n(-c6ccccc6)c5c4)c3c2c1)/c1ccc(-c2ccccc2)cc1. The van der Waals surface area contributed by atoms with Crippen molar-refractivity contribution in [2.24, 2.45) is 0 Å². The van der Waals surface area contributed by atoms with E-state index < -0.39 is 0 Å². The monoisotopic (exact) mass is 906 g/mol. The number of para-hydroxylation sites is 3. The first-order valence-corrected chi connectivity index (χ1v) is 24.2. The van der Waals surface area contributed by atoms with E-state index in [9.17, 15) is 0 Å². The second-order valence-electron chi connectivity index (χ2n) is 18.1. The summed E-state index contributed by atoms with van der Waals surface area (Å²) in [7, 11) is 0. The molecule has 0 radical (unpaired) electrons. The number of hydrogen-bond donors (Lipinski definition) is 0. The van der Waals surface area contributed by atoms with Crippen molar-refractivity contribution >= 4 is 72.5 Å². The van der Waals surface area contributed by atoms with Crippen LogP contribution in [0.1, 0.15) is 16.7 Å². The molecule has 3 nitrogen and oxygen atoms in total. The molecular formula is C68H46N2O. The zero-order chi connectivity index (χ0) is 47.1. The first-order chi connectivity index (χ1) is 35.2. The molecule has 0 N–H and O–H groups in total. The van der Waals surface area contributed by atoms with Gasteiger partial charge in [0.1, 0.15) is 5.58 Å². The average molecular weight is 907 g/mol.